The van der Waals surface area contributed by atoms with Crippen molar-refractivity contribution < 1.29 is 0 Å². The Morgan fingerprint density at radius 2 is 2.19 bits per heavy atom. The summed E-state index contributed by atoms with van der Waals surface area (Å²) in [6.07, 6.45) is 3.66. The summed E-state index contributed by atoms with van der Waals surface area (Å²) < 4.78 is 1.95. The van der Waals surface area contributed by atoms with Gasteiger partial charge in [0, 0.05) is 19.4 Å². The van der Waals surface area contributed by atoms with Gasteiger partial charge in [-0.05, 0) is 12.1 Å². The third kappa shape index (κ3) is 2.31. The first-order chi connectivity index (χ1) is 7.68. The minimum Gasteiger partial charge on any atom is -0.377 e. The molecule has 0 radical (unpaired) electrons. The number of aryl methyl sites for hydroxylation is 1. The van der Waals surface area contributed by atoms with Crippen LogP contribution in [-0.4, -0.2) is 9.55 Å². The van der Waals surface area contributed by atoms with E-state index < -0.39 is 0 Å². The lowest BCUT2D eigenvalue weighted by Crippen LogP contribution is -2.05. The van der Waals surface area contributed by atoms with Gasteiger partial charge in [0.15, 0.2) is 0 Å². The molecule has 1 heterocycles. The predicted octanol–water partition coefficient (Wildman–Crippen LogP) is 3.34. The molecule has 3 nitrogen and oxygen atoms in total. The number of benzene rings is 1. The molecule has 2 rings (SSSR count). The Bertz CT molecular complexity index is 494. The van der Waals surface area contributed by atoms with E-state index in [1.165, 1.54) is 0 Å². The number of aromatic nitrogens is 2. The summed E-state index contributed by atoms with van der Waals surface area (Å²) in [6, 6.07) is 5.50. The molecule has 0 bridgehead atoms. The van der Waals surface area contributed by atoms with E-state index in [9.17, 15) is 0 Å². The van der Waals surface area contributed by atoms with Crippen molar-refractivity contribution in [2.45, 2.75) is 6.54 Å². The van der Waals surface area contributed by atoms with Gasteiger partial charge in [-0.15, -0.1) is 0 Å². The predicted molar refractivity (Wildman–Crippen MR) is 67.0 cm³/mol. The van der Waals surface area contributed by atoms with Gasteiger partial charge in [-0.2, -0.15) is 0 Å². The van der Waals surface area contributed by atoms with Crippen LogP contribution in [0.25, 0.3) is 0 Å². The standard InChI is InChI=1S/C11H11Cl2N3/c1-16-6-5-14-10(16)7-15-9-4-2-3-8(12)11(9)13/h2-6,15H,7H2,1H3. The lowest BCUT2D eigenvalue weighted by atomic mass is 10.3. The van der Waals surface area contributed by atoms with E-state index in [0.29, 0.717) is 16.6 Å². The summed E-state index contributed by atoms with van der Waals surface area (Å²) in [5.41, 5.74) is 0.817. The van der Waals surface area contributed by atoms with Gasteiger partial charge in [0.2, 0.25) is 0 Å². The number of rotatable bonds is 3. The minimum atomic E-state index is 0.540. The Balaban J connectivity index is 2.11. The highest BCUT2D eigenvalue weighted by molar-refractivity contribution is 6.43. The van der Waals surface area contributed by atoms with Gasteiger partial charge in [0.1, 0.15) is 5.82 Å². The Kier molecular flexibility index (Phi) is 3.36. The molecule has 0 fully saturated rings. The number of halogens is 2. The second-order valence-electron chi connectivity index (χ2n) is 3.41. The van der Waals surface area contributed by atoms with Crippen LogP contribution in [-0.2, 0) is 13.6 Å². The molecule has 0 unspecified atom stereocenters. The number of nitrogens with zero attached hydrogens (tertiary/aromatic N) is 2. The molecule has 0 saturated heterocycles. The van der Waals surface area contributed by atoms with Gasteiger partial charge in [0.25, 0.3) is 0 Å². The summed E-state index contributed by atoms with van der Waals surface area (Å²) in [7, 11) is 1.95. The summed E-state index contributed by atoms with van der Waals surface area (Å²) in [5, 5.41) is 4.29. The van der Waals surface area contributed by atoms with Gasteiger partial charge in [0.05, 0.1) is 22.3 Å². The van der Waals surface area contributed by atoms with Crippen molar-refractivity contribution in [1.82, 2.24) is 9.55 Å². The minimum absolute atomic E-state index is 0.540. The fraction of sp³-hybridized carbons (Fsp3) is 0.182. The van der Waals surface area contributed by atoms with Crippen molar-refractivity contribution in [2.24, 2.45) is 7.05 Å². The van der Waals surface area contributed by atoms with Crippen LogP contribution in [0.5, 0.6) is 0 Å². The molecule has 0 amide bonds. The largest absolute Gasteiger partial charge is 0.377 e. The summed E-state index contributed by atoms with van der Waals surface area (Å²) in [4.78, 5) is 4.21. The SMILES string of the molecule is Cn1ccnc1CNc1cccc(Cl)c1Cl. The molecule has 0 spiro atoms. The number of imidazole rings is 1. The highest BCUT2D eigenvalue weighted by Gasteiger charge is 2.04. The maximum absolute atomic E-state index is 6.05. The van der Waals surface area contributed by atoms with E-state index in [4.69, 9.17) is 23.2 Å². The quantitative estimate of drug-likeness (QED) is 0.912. The number of hydrogen-bond acceptors (Lipinski definition) is 2. The van der Waals surface area contributed by atoms with E-state index in [1.807, 2.05) is 29.9 Å². The van der Waals surface area contributed by atoms with Crippen molar-refractivity contribution >= 4 is 28.9 Å². The molecule has 1 aromatic heterocycles. The first kappa shape index (κ1) is 11.3. The molecule has 0 aliphatic carbocycles. The molecule has 1 aromatic carbocycles. The van der Waals surface area contributed by atoms with Crippen LogP contribution in [0.3, 0.4) is 0 Å². The van der Waals surface area contributed by atoms with Crippen LogP contribution in [0.2, 0.25) is 10.0 Å². The topological polar surface area (TPSA) is 29.9 Å². The fourth-order valence-corrected chi connectivity index (χ4v) is 1.75. The lowest BCUT2D eigenvalue weighted by Gasteiger charge is -2.08. The molecule has 0 atom stereocenters. The first-order valence-electron chi connectivity index (χ1n) is 4.82. The van der Waals surface area contributed by atoms with Gasteiger partial charge in [-0.3, -0.25) is 0 Å². The number of anilines is 1. The number of nitrogens with one attached hydrogen (secondary N) is 1. The molecular formula is C11H11Cl2N3. The van der Waals surface area contributed by atoms with Crippen molar-refractivity contribution in [2.75, 3.05) is 5.32 Å². The van der Waals surface area contributed by atoms with Crippen molar-refractivity contribution in [1.29, 1.82) is 0 Å². The molecular weight excluding hydrogens is 245 g/mol. The van der Waals surface area contributed by atoms with Gasteiger partial charge in [-0.1, -0.05) is 29.3 Å². The van der Waals surface area contributed by atoms with E-state index in [2.05, 4.69) is 10.3 Å². The average Bonchev–Trinajstić information content (AvgIpc) is 2.67. The fourth-order valence-electron chi connectivity index (χ4n) is 1.38. The summed E-state index contributed by atoms with van der Waals surface area (Å²) >= 11 is 12.0. The van der Waals surface area contributed by atoms with Crippen molar-refractivity contribution in [3.05, 3.63) is 46.5 Å². The Labute approximate surface area is 104 Å². The average molecular weight is 256 g/mol. The first-order valence-corrected chi connectivity index (χ1v) is 5.58. The molecule has 1 N–H and O–H groups in total. The second kappa shape index (κ2) is 4.76. The van der Waals surface area contributed by atoms with Crippen molar-refractivity contribution in [3.63, 3.8) is 0 Å². The van der Waals surface area contributed by atoms with Crippen LogP contribution in [0.15, 0.2) is 30.6 Å². The lowest BCUT2D eigenvalue weighted by molar-refractivity contribution is 0.813. The molecule has 0 saturated carbocycles. The smallest absolute Gasteiger partial charge is 0.127 e. The van der Waals surface area contributed by atoms with Crippen molar-refractivity contribution in [3.8, 4) is 0 Å². The van der Waals surface area contributed by atoms with E-state index in [-0.39, 0.29) is 0 Å². The van der Waals surface area contributed by atoms with Gasteiger partial charge >= 0.3 is 0 Å². The van der Waals surface area contributed by atoms with E-state index >= 15 is 0 Å². The monoisotopic (exact) mass is 255 g/mol. The normalized spacial score (nSPS) is 10.4. The molecule has 16 heavy (non-hydrogen) atoms. The zero-order valence-corrected chi connectivity index (χ0v) is 10.3. The van der Waals surface area contributed by atoms with Crippen LogP contribution in [0.1, 0.15) is 5.82 Å². The van der Waals surface area contributed by atoms with Gasteiger partial charge < -0.3 is 9.88 Å². The Morgan fingerprint density at radius 3 is 2.88 bits per heavy atom. The zero-order valence-electron chi connectivity index (χ0n) is 8.74. The maximum atomic E-state index is 6.05. The van der Waals surface area contributed by atoms with E-state index in [1.54, 1.807) is 12.3 Å². The van der Waals surface area contributed by atoms with Crippen LogP contribution in [0.4, 0.5) is 5.69 Å². The third-order valence-corrected chi connectivity index (χ3v) is 3.13. The molecule has 84 valence electrons. The third-order valence-electron chi connectivity index (χ3n) is 2.31. The Hall–Kier alpha value is -1.19. The Morgan fingerprint density at radius 1 is 1.38 bits per heavy atom. The highest BCUT2D eigenvalue weighted by Crippen LogP contribution is 2.29. The molecule has 0 aliphatic rings. The summed E-state index contributed by atoms with van der Waals surface area (Å²) in [5.74, 6) is 0.941. The highest BCUT2D eigenvalue weighted by atomic mass is 35.5. The van der Waals surface area contributed by atoms with E-state index in [0.717, 1.165) is 11.5 Å². The van der Waals surface area contributed by atoms with Crippen LogP contribution >= 0.6 is 23.2 Å². The van der Waals surface area contributed by atoms with Crippen LogP contribution < -0.4 is 5.32 Å². The van der Waals surface area contributed by atoms with Crippen LogP contribution in [0, 0.1) is 0 Å². The maximum Gasteiger partial charge on any atom is 0.127 e. The summed E-state index contributed by atoms with van der Waals surface area (Å²) in [6.45, 7) is 0.615. The second-order valence-corrected chi connectivity index (χ2v) is 4.19. The zero-order chi connectivity index (χ0) is 11.5. The molecule has 0 aliphatic heterocycles. The molecule has 2 aromatic rings. The van der Waals surface area contributed by atoms with Gasteiger partial charge in [-0.25, -0.2) is 4.98 Å². The molecule has 5 heteroatoms. The number of hydrogen-bond donors (Lipinski definition) is 1.